The minimum absolute atomic E-state index is 0.00118. The lowest BCUT2D eigenvalue weighted by Gasteiger charge is -2.32. The van der Waals surface area contributed by atoms with Crippen molar-refractivity contribution in [2.75, 3.05) is 18.0 Å². The summed E-state index contributed by atoms with van der Waals surface area (Å²) in [7, 11) is 0. The lowest BCUT2D eigenvalue weighted by atomic mass is 9.97. The molecule has 3 heterocycles. The Kier molecular flexibility index (Phi) is 3.29. The molecule has 0 unspecified atom stereocenters. The number of nitrogens with one attached hydrogen (secondary N) is 1. The quantitative estimate of drug-likeness (QED) is 0.776. The molecule has 0 spiro atoms. The second-order valence-corrected chi connectivity index (χ2v) is 5.60. The van der Waals surface area contributed by atoms with Gasteiger partial charge in [0.15, 0.2) is 0 Å². The summed E-state index contributed by atoms with van der Waals surface area (Å²) in [6, 6.07) is 4.48. The monoisotopic (exact) mass is 315 g/mol. The van der Waals surface area contributed by atoms with Crippen molar-refractivity contribution in [2.24, 2.45) is 0 Å². The van der Waals surface area contributed by atoms with Crippen molar-refractivity contribution in [2.45, 2.75) is 18.8 Å². The fourth-order valence-electron chi connectivity index (χ4n) is 3.05. The highest BCUT2D eigenvalue weighted by Crippen LogP contribution is 2.31. The summed E-state index contributed by atoms with van der Waals surface area (Å²) < 4.78 is 18.7. The van der Waals surface area contributed by atoms with Gasteiger partial charge in [0.2, 0.25) is 5.89 Å². The van der Waals surface area contributed by atoms with E-state index in [0.29, 0.717) is 29.2 Å². The molecule has 0 aliphatic carbocycles. The number of aromatic amines is 1. The van der Waals surface area contributed by atoms with Crippen molar-refractivity contribution in [3.05, 3.63) is 46.8 Å². The Morgan fingerprint density at radius 3 is 3.09 bits per heavy atom. The second kappa shape index (κ2) is 5.45. The van der Waals surface area contributed by atoms with E-state index in [1.807, 2.05) is 0 Å². The predicted molar refractivity (Wildman–Crippen MR) is 80.8 cm³/mol. The van der Waals surface area contributed by atoms with E-state index in [9.17, 15) is 9.18 Å². The van der Waals surface area contributed by atoms with Gasteiger partial charge in [-0.1, -0.05) is 0 Å². The van der Waals surface area contributed by atoms with E-state index in [2.05, 4.69) is 25.1 Å². The van der Waals surface area contributed by atoms with Crippen molar-refractivity contribution in [1.29, 1.82) is 0 Å². The zero-order valence-corrected chi connectivity index (χ0v) is 12.2. The number of anilines is 1. The number of halogens is 1. The minimum atomic E-state index is -0.549. The molecule has 1 atom stereocenters. The van der Waals surface area contributed by atoms with Crippen LogP contribution in [-0.2, 0) is 0 Å². The smallest absolute Gasteiger partial charge is 0.392 e. The van der Waals surface area contributed by atoms with Gasteiger partial charge in [0, 0.05) is 18.5 Å². The van der Waals surface area contributed by atoms with Crippen molar-refractivity contribution in [3.8, 4) is 0 Å². The summed E-state index contributed by atoms with van der Waals surface area (Å²) in [6.45, 7) is 1.41. The number of benzene rings is 1. The molecule has 1 N–H and O–H groups in total. The van der Waals surface area contributed by atoms with Gasteiger partial charge in [0.05, 0.1) is 11.4 Å². The summed E-state index contributed by atoms with van der Waals surface area (Å²) in [4.78, 5) is 21.7. The summed E-state index contributed by atoms with van der Waals surface area (Å²) in [6.07, 6.45) is 3.26. The lowest BCUT2D eigenvalue weighted by Crippen LogP contribution is -2.35. The van der Waals surface area contributed by atoms with Crippen LogP contribution in [0.15, 0.2) is 33.7 Å². The third-order valence-corrected chi connectivity index (χ3v) is 4.10. The molecule has 7 nitrogen and oxygen atoms in total. The number of hydrogen-bond acceptors (Lipinski definition) is 6. The van der Waals surface area contributed by atoms with E-state index in [1.54, 1.807) is 6.07 Å². The first-order chi connectivity index (χ1) is 11.2. The highest BCUT2D eigenvalue weighted by molar-refractivity contribution is 5.89. The van der Waals surface area contributed by atoms with Crippen LogP contribution in [0.1, 0.15) is 24.7 Å². The predicted octanol–water partition coefficient (Wildman–Crippen LogP) is 1.83. The molecule has 1 aromatic carbocycles. The Morgan fingerprint density at radius 1 is 1.35 bits per heavy atom. The molecule has 0 amide bonds. The van der Waals surface area contributed by atoms with Gasteiger partial charge in [-0.2, -0.15) is 0 Å². The van der Waals surface area contributed by atoms with Crippen molar-refractivity contribution < 1.29 is 8.81 Å². The van der Waals surface area contributed by atoms with Gasteiger partial charge in [-0.15, -0.1) is 5.10 Å². The van der Waals surface area contributed by atoms with Gasteiger partial charge in [0.25, 0.3) is 0 Å². The first kappa shape index (κ1) is 13.9. The van der Waals surface area contributed by atoms with E-state index in [4.69, 9.17) is 4.42 Å². The van der Waals surface area contributed by atoms with E-state index in [-0.39, 0.29) is 11.7 Å². The van der Waals surface area contributed by atoms with Crippen LogP contribution in [0.25, 0.3) is 10.9 Å². The fraction of sp³-hybridized carbons (Fsp3) is 0.333. The Balaban J connectivity index is 1.70. The largest absolute Gasteiger partial charge is 0.434 e. The molecule has 0 bridgehead atoms. The van der Waals surface area contributed by atoms with Crippen LogP contribution in [0.3, 0.4) is 0 Å². The lowest BCUT2D eigenvalue weighted by molar-refractivity contribution is 0.384. The van der Waals surface area contributed by atoms with Crippen LogP contribution < -0.4 is 10.7 Å². The van der Waals surface area contributed by atoms with Crippen LogP contribution in [0.2, 0.25) is 0 Å². The number of aromatic nitrogens is 4. The molecule has 0 radical (unpaired) electrons. The number of hydrogen-bond donors (Lipinski definition) is 1. The molecule has 4 rings (SSSR count). The minimum Gasteiger partial charge on any atom is -0.392 e. The topological polar surface area (TPSA) is 87.9 Å². The van der Waals surface area contributed by atoms with Crippen LogP contribution in [-0.4, -0.2) is 33.3 Å². The highest BCUT2D eigenvalue weighted by Gasteiger charge is 2.27. The maximum absolute atomic E-state index is 13.6. The van der Waals surface area contributed by atoms with Gasteiger partial charge < -0.3 is 9.32 Å². The Hall–Kier alpha value is -2.77. The van der Waals surface area contributed by atoms with E-state index < -0.39 is 5.76 Å². The zero-order valence-electron chi connectivity index (χ0n) is 12.2. The Labute approximate surface area is 130 Å². The number of fused-ring (bicyclic) bond motifs is 1. The summed E-state index contributed by atoms with van der Waals surface area (Å²) in [5.74, 6) is 0.231. The standard InChI is InChI=1S/C15H14FN5O2/c16-10-3-4-12-11(6-10)13(18-8-17-12)21-5-1-2-9(7-21)14-19-20-15(22)23-14/h3-4,6,8-9H,1-2,5,7H2,(H,20,22)/t9-/m0/s1. The van der Waals surface area contributed by atoms with Crippen molar-refractivity contribution in [1.82, 2.24) is 20.2 Å². The maximum atomic E-state index is 13.6. The molecule has 1 aliphatic rings. The molecule has 3 aromatic rings. The molecule has 1 fully saturated rings. The molecular weight excluding hydrogens is 301 g/mol. The third kappa shape index (κ3) is 2.56. The zero-order chi connectivity index (χ0) is 15.8. The molecule has 118 valence electrons. The van der Waals surface area contributed by atoms with Crippen LogP contribution in [0.5, 0.6) is 0 Å². The first-order valence-corrected chi connectivity index (χ1v) is 7.41. The Morgan fingerprint density at radius 2 is 2.26 bits per heavy atom. The molecular formula is C15H14FN5O2. The van der Waals surface area contributed by atoms with E-state index >= 15 is 0 Å². The van der Waals surface area contributed by atoms with Gasteiger partial charge >= 0.3 is 5.76 Å². The summed E-state index contributed by atoms with van der Waals surface area (Å²) in [5, 5.41) is 6.89. The van der Waals surface area contributed by atoms with Crippen LogP contribution in [0, 0.1) is 5.82 Å². The third-order valence-electron chi connectivity index (χ3n) is 4.10. The number of rotatable bonds is 2. The molecule has 1 aliphatic heterocycles. The fourth-order valence-corrected chi connectivity index (χ4v) is 3.05. The van der Waals surface area contributed by atoms with E-state index in [1.165, 1.54) is 18.5 Å². The molecule has 0 saturated carbocycles. The number of H-pyrrole nitrogens is 1. The normalized spacial score (nSPS) is 18.5. The molecule has 23 heavy (non-hydrogen) atoms. The second-order valence-electron chi connectivity index (χ2n) is 5.60. The average Bonchev–Trinajstić information content (AvgIpc) is 3.01. The molecule has 2 aromatic heterocycles. The van der Waals surface area contributed by atoms with Gasteiger partial charge in [0.1, 0.15) is 18.0 Å². The SMILES string of the molecule is O=c1[nH]nc([C@H]2CCCN(c3ncnc4ccc(F)cc34)C2)o1. The summed E-state index contributed by atoms with van der Waals surface area (Å²) >= 11 is 0. The van der Waals surface area contributed by atoms with Gasteiger partial charge in [-0.3, -0.25) is 0 Å². The highest BCUT2D eigenvalue weighted by atomic mass is 19.1. The van der Waals surface area contributed by atoms with Crippen molar-refractivity contribution >= 4 is 16.7 Å². The Bertz CT molecular complexity index is 906. The van der Waals surface area contributed by atoms with Crippen LogP contribution in [0.4, 0.5) is 10.2 Å². The average molecular weight is 315 g/mol. The van der Waals surface area contributed by atoms with Crippen LogP contribution >= 0.6 is 0 Å². The first-order valence-electron chi connectivity index (χ1n) is 7.41. The van der Waals surface area contributed by atoms with Gasteiger partial charge in [-0.25, -0.2) is 24.3 Å². The maximum Gasteiger partial charge on any atom is 0.434 e. The van der Waals surface area contributed by atoms with Gasteiger partial charge in [-0.05, 0) is 31.0 Å². The van der Waals surface area contributed by atoms with Crippen molar-refractivity contribution in [3.63, 3.8) is 0 Å². The number of nitrogens with zero attached hydrogens (tertiary/aromatic N) is 4. The molecule has 8 heteroatoms. The molecule has 1 saturated heterocycles. The van der Waals surface area contributed by atoms with E-state index in [0.717, 1.165) is 19.4 Å². The summed E-state index contributed by atoms with van der Waals surface area (Å²) in [5.41, 5.74) is 0.699. The number of piperidine rings is 1.